The number of methoxy groups -OCH3 is 1. The van der Waals surface area contributed by atoms with Crippen LogP contribution >= 0.6 is 27.5 Å². The van der Waals surface area contributed by atoms with Gasteiger partial charge >= 0.3 is 0 Å². The van der Waals surface area contributed by atoms with Gasteiger partial charge in [0.2, 0.25) is 0 Å². The van der Waals surface area contributed by atoms with Gasteiger partial charge in [0.1, 0.15) is 5.75 Å². The topological polar surface area (TPSA) is 21.3 Å². The van der Waals surface area contributed by atoms with Gasteiger partial charge in [-0.25, -0.2) is 0 Å². The third-order valence-corrected chi connectivity index (χ3v) is 4.82. The Morgan fingerprint density at radius 1 is 1.19 bits per heavy atom. The maximum Gasteiger partial charge on any atom is 0.119 e. The van der Waals surface area contributed by atoms with Crippen LogP contribution in [0.2, 0.25) is 5.02 Å². The lowest BCUT2D eigenvalue weighted by molar-refractivity contribution is 0.413. The maximum atomic E-state index is 5.99. The number of ether oxygens (including phenoxy) is 1. The normalized spacial score (nSPS) is 17.2. The van der Waals surface area contributed by atoms with Crippen molar-refractivity contribution in [3.05, 3.63) is 57.0 Å². The number of halogens is 2. The Morgan fingerprint density at radius 2 is 2.05 bits per heavy atom. The average molecular weight is 367 g/mol. The molecule has 2 aromatic rings. The van der Waals surface area contributed by atoms with E-state index in [2.05, 4.69) is 33.4 Å². The molecule has 0 spiro atoms. The van der Waals surface area contributed by atoms with Gasteiger partial charge < -0.3 is 10.1 Å². The molecule has 0 aliphatic heterocycles. The molecule has 0 aromatic heterocycles. The van der Waals surface area contributed by atoms with Gasteiger partial charge in [-0.15, -0.1) is 0 Å². The zero-order chi connectivity index (χ0) is 14.8. The summed E-state index contributed by atoms with van der Waals surface area (Å²) in [7, 11) is 1.71. The molecule has 0 bridgehead atoms. The van der Waals surface area contributed by atoms with Crippen molar-refractivity contribution in [2.24, 2.45) is 0 Å². The summed E-state index contributed by atoms with van der Waals surface area (Å²) < 4.78 is 6.33. The molecule has 1 N–H and O–H groups in total. The third kappa shape index (κ3) is 3.35. The van der Waals surface area contributed by atoms with E-state index in [0.717, 1.165) is 40.2 Å². The number of rotatable bonds is 3. The number of aryl methyl sites for hydroxylation is 1. The van der Waals surface area contributed by atoms with Crippen LogP contribution in [0.15, 0.2) is 40.9 Å². The van der Waals surface area contributed by atoms with E-state index in [0.29, 0.717) is 6.04 Å². The summed E-state index contributed by atoms with van der Waals surface area (Å²) in [5.41, 5.74) is 3.91. The van der Waals surface area contributed by atoms with E-state index < -0.39 is 0 Å². The van der Waals surface area contributed by atoms with Crippen molar-refractivity contribution in [2.45, 2.75) is 25.3 Å². The molecule has 1 aliphatic carbocycles. The standard InChI is InChI=1S/C17H17BrClNO/c1-21-15-6-3-11-2-5-14(8-12(11)9-15)20-17-7-4-13(19)10-16(17)18/h3-4,6-7,9-10,14,20H,2,5,8H2,1H3. The van der Waals surface area contributed by atoms with E-state index in [1.165, 1.54) is 11.1 Å². The lowest BCUT2D eigenvalue weighted by Crippen LogP contribution is -2.27. The highest BCUT2D eigenvalue weighted by atomic mass is 79.9. The van der Waals surface area contributed by atoms with Gasteiger partial charge in [-0.05, 0) is 76.7 Å². The fraction of sp³-hybridized carbons (Fsp3) is 0.294. The molecule has 110 valence electrons. The number of hydrogen-bond acceptors (Lipinski definition) is 2. The van der Waals surface area contributed by atoms with Crippen LogP contribution in [0.3, 0.4) is 0 Å². The molecule has 2 aromatic carbocycles. The molecule has 0 heterocycles. The first-order chi connectivity index (χ1) is 10.2. The minimum absolute atomic E-state index is 0.432. The highest BCUT2D eigenvalue weighted by molar-refractivity contribution is 9.10. The Morgan fingerprint density at radius 3 is 2.81 bits per heavy atom. The number of fused-ring (bicyclic) bond motifs is 1. The lowest BCUT2D eigenvalue weighted by atomic mass is 9.88. The van der Waals surface area contributed by atoms with Crippen molar-refractivity contribution in [2.75, 3.05) is 12.4 Å². The zero-order valence-electron chi connectivity index (χ0n) is 11.8. The van der Waals surface area contributed by atoms with Crippen molar-refractivity contribution in [1.29, 1.82) is 0 Å². The van der Waals surface area contributed by atoms with E-state index in [-0.39, 0.29) is 0 Å². The fourth-order valence-electron chi connectivity index (χ4n) is 2.81. The molecule has 2 nitrogen and oxygen atoms in total. The number of anilines is 1. The molecule has 4 heteroatoms. The molecule has 0 saturated carbocycles. The molecule has 21 heavy (non-hydrogen) atoms. The summed E-state index contributed by atoms with van der Waals surface area (Å²) >= 11 is 9.55. The summed E-state index contributed by atoms with van der Waals surface area (Å²) in [6.45, 7) is 0. The maximum absolute atomic E-state index is 5.99. The molecular formula is C17H17BrClNO. The van der Waals surface area contributed by atoms with Gasteiger partial charge in [0.25, 0.3) is 0 Å². The molecule has 0 radical (unpaired) electrons. The molecule has 3 rings (SSSR count). The molecule has 1 unspecified atom stereocenters. The third-order valence-electron chi connectivity index (χ3n) is 3.93. The van der Waals surface area contributed by atoms with Crippen LogP contribution in [0.25, 0.3) is 0 Å². The Bertz CT molecular complexity index is 659. The van der Waals surface area contributed by atoms with Gasteiger partial charge in [0.15, 0.2) is 0 Å². The van der Waals surface area contributed by atoms with Crippen LogP contribution in [-0.4, -0.2) is 13.2 Å². The van der Waals surface area contributed by atoms with Crippen LogP contribution in [0.1, 0.15) is 17.5 Å². The smallest absolute Gasteiger partial charge is 0.119 e. The first kappa shape index (κ1) is 14.7. The van der Waals surface area contributed by atoms with E-state index in [1.54, 1.807) is 7.11 Å². The van der Waals surface area contributed by atoms with Crippen molar-refractivity contribution >= 4 is 33.2 Å². The van der Waals surface area contributed by atoms with Gasteiger partial charge in [-0.2, -0.15) is 0 Å². The van der Waals surface area contributed by atoms with Gasteiger partial charge in [-0.3, -0.25) is 0 Å². The molecule has 0 fully saturated rings. The van der Waals surface area contributed by atoms with E-state index >= 15 is 0 Å². The fourth-order valence-corrected chi connectivity index (χ4v) is 3.61. The number of benzene rings is 2. The first-order valence-electron chi connectivity index (χ1n) is 7.03. The SMILES string of the molecule is COc1ccc2c(c1)CC(Nc1ccc(Cl)cc1Br)CC2. The van der Waals surface area contributed by atoms with Crippen LogP contribution in [0.5, 0.6) is 5.75 Å². The Balaban J connectivity index is 1.76. The monoisotopic (exact) mass is 365 g/mol. The van der Waals surface area contributed by atoms with Gasteiger partial charge in [0, 0.05) is 21.2 Å². The summed E-state index contributed by atoms with van der Waals surface area (Å²) in [5.74, 6) is 0.932. The van der Waals surface area contributed by atoms with Crippen molar-refractivity contribution in [3.8, 4) is 5.75 Å². The summed E-state index contributed by atoms with van der Waals surface area (Å²) in [4.78, 5) is 0. The first-order valence-corrected chi connectivity index (χ1v) is 8.20. The summed E-state index contributed by atoms with van der Waals surface area (Å²) in [6.07, 6.45) is 3.25. The lowest BCUT2D eigenvalue weighted by Gasteiger charge is -2.27. The van der Waals surface area contributed by atoms with Crippen LogP contribution < -0.4 is 10.1 Å². The van der Waals surface area contributed by atoms with Gasteiger partial charge in [-0.1, -0.05) is 17.7 Å². The van der Waals surface area contributed by atoms with E-state index in [9.17, 15) is 0 Å². The summed E-state index contributed by atoms with van der Waals surface area (Å²) in [6, 6.07) is 12.7. The van der Waals surface area contributed by atoms with Crippen LogP contribution in [-0.2, 0) is 12.8 Å². The zero-order valence-corrected chi connectivity index (χ0v) is 14.2. The quantitative estimate of drug-likeness (QED) is 0.818. The van der Waals surface area contributed by atoms with Crippen molar-refractivity contribution in [3.63, 3.8) is 0 Å². The molecule has 1 aliphatic rings. The molecule has 0 saturated heterocycles. The minimum Gasteiger partial charge on any atom is -0.497 e. The Kier molecular flexibility index (Phi) is 4.41. The summed E-state index contributed by atoms with van der Waals surface area (Å²) in [5, 5.41) is 4.35. The highest BCUT2D eigenvalue weighted by Gasteiger charge is 2.19. The predicted molar refractivity (Wildman–Crippen MR) is 91.6 cm³/mol. The number of hydrogen-bond donors (Lipinski definition) is 1. The van der Waals surface area contributed by atoms with Gasteiger partial charge in [0.05, 0.1) is 7.11 Å². The second-order valence-corrected chi connectivity index (χ2v) is 6.63. The Hall–Kier alpha value is -1.19. The van der Waals surface area contributed by atoms with Crippen LogP contribution in [0, 0.1) is 0 Å². The molecular weight excluding hydrogens is 350 g/mol. The minimum atomic E-state index is 0.432. The van der Waals surface area contributed by atoms with E-state index in [1.807, 2.05) is 24.3 Å². The predicted octanol–water partition coefficient (Wildman–Crippen LogP) is 5.08. The highest BCUT2D eigenvalue weighted by Crippen LogP contribution is 2.30. The van der Waals surface area contributed by atoms with E-state index in [4.69, 9.17) is 16.3 Å². The van der Waals surface area contributed by atoms with Crippen LogP contribution in [0.4, 0.5) is 5.69 Å². The second kappa shape index (κ2) is 6.29. The van der Waals surface area contributed by atoms with Crippen molar-refractivity contribution in [1.82, 2.24) is 0 Å². The van der Waals surface area contributed by atoms with Crippen molar-refractivity contribution < 1.29 is 4.74 Å². The second-order valence-electron chi connectivity index (χ2n) is 5.34. The largest absolute Gasteiger partial charge is 0.497 e. The number of nitrogens with one attached hydrogen (secondary N) is 1. The molecule has 0 amide bonds. The Labute approximate surface area is 138 Å². The molecule has 1 atom stereocenters. The average Bonchev–Trinajstić information content (AvgIpc) is 2.49.